The van der Waals surface area contributed by atoms with Crippen LogP contribution in [0.4, 0.5) is 0 Å². The molecule has 1 aromatic rings. The van der Waals surface area contributed by atoms with Crippen LogP contribution in [0.15, 0.2) is 38.2 Å². The minimum atomic E-state index is 0.0824. The van der Waals surface area contributed by atoms with Gasteiger partial charge in [-0.05, 0) is 46.5 Å². The first-order valence-electron chi connectivity index (χ1n) is 6.22. The highest BCUT2D eigenvalue weighted by atomic mass is 79.9. The van der Waals surface area contributed by atoms with Crippen LogP contribution in [0.3, 0.4) is 0 Å². The maximum atomic E-state index is 12.0. The molecule has 0 saturated heterocycles. The smallest absolute Gasteiger partial charge is 0.253 e. The van der Waals surface area contributed by atoms with E-state index in [4.69, 9.17) is 0 Å². The van der Waals surface area contributed by atoms with Crippen molar-refractivity contribution < 1.29 is 0 Å². The molecule has 1 aliphatic heterocycles. The largest absolute Gasteiger partial charge is 0.317 e. The molecule has 0 bridgehead atoms. The highest BCUT2D eigenvalue weighted by molar-refractivity contribution is 9.10. The van der Waals surface area contributed by atoms with Gasteiger partial charge in [0.2, 0.25) is 0 Å². The van der Waals surface area contributed by atoms with Crippen LogP contribution >= 0.6 is 15.9 Å². The summed E-state index contributed by atoms with van der Waals surface area (Å²) in [5.41, 5.74) is 3.42. The van der Waals surface area contributed by atoms with Crippen molar-refractivity contribution in [1.29, 1.82) is 0 Å². The Morgan fingerprint density at radius 2 is 2.28 bits per heavy atom. The zero-order chi connectivity index (χ0) is 12.7. The molecule has 1 fully saturated rings. The molecule has 2 aliphatic rings. The van der Waals surface area contributed by atoms with Gasteiger partial charge in [0.1, 0.15) is 0 Å². The second kappa shape index (κ2) is 4.50. The molecule has 0 spiro atoms. The average molecular weight is 307 g/mol. The number of allylic oxidation sites excluding steroid dienone is 1. The van der Waals surface area contributed by atoms with Gasteiger partial charge in [-0.1, -0.05) is 0 Å². The number of hydrogen-bond donors (Lipinski definition) is 0. The van der Waals surface area contributed by atoms with Gasteiger partial charge in [0.25, 0.3) is 5.56 Å². The molecule has 3 nitrogen and oxygen atoms in total. The van der Waals surface area contributed by atoms with Gasteiger partial charge in [0, 0.05) is 41.3 Å². The van der Waals surface area contributed by atoms with E-state index in [-0.39, 0.29) is 5.56 Å². The summed E-state index contributed by atoms with van der Waals surface area (Å²) in [6.45, 7) is 0.765. The van der Waals surface area contributed by atoms with E-state index in [9.17, 15) is 4.79 Å². The second-order valence-corrected chi connectivity index (χ2v) is 6.01. The molecule has 0 atom stereocenters. The van der Waals surface area contributed by atoms with Gasteiger partial charge in [0.15, 0.2) is 0 Å². The number of aromatic nitrogens is 1. The monoisotopic (exact) mass is 306 g/mol. The number of rotatable bonds is 3. The maximum absolute atomic E-state index is 12.0. The van der Waals surface area contributed by atoms with Crippen molar-refractivity contribution >= 4 is 21.6 Å². The summed E-state index contributed by atoms with van der Waals surface area (Å²) in [5, 5.41) is 0. The van der Waals surface area contributed by atoms with E-state index >= 15 is 0 Å². The number of hydrogen-bond acceptors (Lipinski definition) is 2. The Kier molecular flexibility index (Phi) is 2.98. The lowest BCUT2D eigenvalue weighted by atomic mass is 10.1. The number of aliphatic imine (C=N–C) groups is 1. The maximum Gasteiger partial charge on any atom is 0.253 e. The molecule has 18 heavy (non-hydrogen) atoms. The van der Waals surface area contributed by atoms with E-state index < -0.39 is 0 Å². The lowest BCUT2D eigenvalue weighted by molar-refractivity contribution is 0.831. The predicted octanol–water partition coefficient (Wildman–Crippen LogP) is 2.48. The minimum Gasteiger partial charge on any atom is -0.317 e. The molecule has 4 heteroatoms. The highest BCUT2D eigenvalue weighted by Gasteiger charge is 2.28. The van der Waals surface area contributed by atoms with Crippen LogP contribution in [-0.4, -0.2) is 16.8 Å². The Morgan fingerprint density at radius 3 is 3.00 bits per heavy atom. The normalized spacial score (nSPS) is 18.8. The number of aryl methyl sites for hydroxylation is 1. The van der Waals surface area contributed by atoms with Crippen LogP contribution in [0, 0.1) is 5.92 Å². The molecule has 0 unspecified atom stereocenters. The van der Waals surface area contributed by atoms with Crippen molar-refractivity contribution in [1.82, 2.24) is 4.57 Å². The lowest BCUT2D eigenvalue weighted by Crippen LogP contribution is -2.21. The molecule has 1 aliphatic carbocycles. The molecular weight excluding hydrogens is 292 g/mol. The Balaban J connectivity index is 1.82. The SMILES string of the molecule is Cn1cc(Br)cc(CC2=CC(C3CC3)=NC2)c1=O. The first-order chi connectivity index (χ1) is 8.63. The molecule has 0 N–H and O–H groups in total. The van der Waals surface area contributed by atoms with E-state index in [2.05, 4.69) is 27.0 Å². The Bertz CT molecular complexity index is 609. The van der Waals surface area contributed by atoms with Crippen LogP contribution in [-0.2, 0) is 13.5 Å². The summed E-state index contributed by atoms with van der Waals surface area (Å²) < 4.78 is 2.57. The summed E-state index contributed by atoms with van der Waals surface area (Å²) in [5.74, 6) is 0.702. The van der Waals surface area contributed by atoms with Crippen LogP contribution in [0.5, 0.6) is 0 Å². The fourth-order valence-corrected chi connectivity index (χ4v) is 2.92. The van der Waals surface area contributed by atoms with E-state index in [1.54, 1.807) is 17.8 Å². The highest BCUT2D eigenvalue weighted by Crippen LogP contribution is 2.33. The molecule has 2 heterocycles. The lowest BCUT2D eigenvalue weighted by Gasteiger charge is -2.05. The number of pyridine rings is 1. The van der Waals surface area contributed by atoms with Crippen molar-refractivity contribution in [3.63, 3.8) is 0 Å². The number of nitrogens with zero attached hydrogens (tertiary/aromatic N) is 2. The van der Waals surface area contributed by atoms with Crippen molar-refractivity contribution in [2.45, 2.75) is 19.3 Å². The van der Waals surface area contributed by atoms with Gasteiger partial charge in [-0.2, -0.15) is 0 Å². The summed E-state index contributed by atoms with van der Waals surface area (Å²) in [4.78, 5) is 16.6. The molecule has 0 aromatic carbocycles. The van der Waals surface area contributed by atoms with E-state index in [1.165, 1.54) is 24.1 Å². The van der Waals surface area contributed by atoms with Gasteiger partial charge in [-0.25, -0.2) is 0 Å². The Labute approximate surface area is 114 Å². The average Bonchev–Trinajstić information content (AvgIpc) is 3.07. The quantitative estimate of drug-likeness (QED) is 0.845. The van der Waals surface area contributed by atoms with Gasteiger partial charge in [0.05, 0.1) is 6.54 Å². The van der Waals surface area contributed by atoms with Crippen LogP contribution in [0.1, 0.15) is 18.4 Å². The molecule has 3 rings (SSSR count). The first-order valence-corrected chi connectivity index (χ1v) is 7.01. The van der Waals surface area contributed by atoms with Gasteiger partial charge in [-0.3, -0.25) is 9.79 Å². The fraction of sp³-hybridized carbons (Fsp3) is 0.429. The molecule has 94 valence electrons. The third-order valence-electron chi connectivity index (χ3n) is 3.45. The minimum absolute atomic E-state index is 0.0824. The molecule has 0 amide bonds. The molecule has 0 radical (unpaired) electrons. The standard InChI is InChI=1S/C14H15BrN2O/c1-17-8-12(15)6-11(14(17)18)4-9-5-13(16-7-9)10-2-3-10/h5-6,8,10H,2-4,7H2,1H3. The fourth-order valence-electron chi connectivity index (χ4n) is 2.33. The third kappa shape index (κ3) is 2.34. The van der Waals surface area contributed by atoms with E-state index in [0.29, 0.717) is 12.3 Å². The topological polar surface area (TPSA) is 34.4 Å². The summed E-state index contributed by atoms with van der Waals surface area (Å²) in [7, 11) is 1.78. The van der Waals surface area contributed by atoms with Gasteiger partial charge < -0.3 is 4.57 Å². The van der Waals surface area contributed by atoms with Gasteiger partial charge >= 0.3 is 0 Å². The Morgan fingerprint density at radius 1 is 1.50 bits per heavy atom. The van der Waals surface area contributed by atoms with E-state index in [0.717, 1.165) is 16.6 Å². The summed E-state index contributed by atoms with van der Waals surface area (Å²) in [6.07, 6.45) is 7.26. The summed E-state index contributed by atoms with van der Waals surface area (Å²) in [6, 6.07) is 1.91. The van der Waals surface area contributed by atoms with Crippen LogP contribution in [0.2, 0.25) is 0 Å². The Hall–Kier alpha value is -1.16. The van der Waals surface area contributed by atoms with Crippen molar-refractivity contribution in [3.05, 3.63) is 44.3 Å². The van der Waals surface area contributed by atoms with Crippen LogP contribution in [0.25, 0.3) is 0 Å². The third-order valence-corrected chi connectivity index (χ3v) is 3.89. The summed E-state index contributed by atoms with van der Waals surface area (Å²) >= 11 is 3.43. The van der Waals surface area contributed by atoms with Crippen molar-refractivity contribution in [2.75, 3.05) is 6.54 Å². The molecule has 1 aromatic heterocycles. The number of halogens is 1. The predicted molar refractivity (Wildman–Crippen MR) is 76.2 cm³/mol. The van der Waals surface area contributed by atoms with E-state index in [1.807, 2.05) is 6.07 Å². The van der Waals surface area contributed by atoms with Crippen molar-refractivity contribution in [2.24, 2.45) is 18.0 Å². The second-order valence-electron chi connectivity index (χ2n) is 5.09. The van der Waals surface area contributed by atoms with Gasteiger partial charge in [-0.15, -0.1) is 0 Å². The van der Waals surface area contributed by atoms with Crippen molar-refractivity contribution in [3.8, 4) is 0 Å². The molecule has 1 saturated carbocycles. The zero-order valence-corrected chi connectivity index (χ0v) is 11.9. The first kappa shape index (κ1) is 11.9. The van der Waals surface area contributed by atoms with Crippen LogP contribution < -0.4 is 5.56 Å². The zero-order valence-electron chi connectivity index (χ0n) is 10.3. The molecular formula is C14H15BrN2O.